The highest BCUT2D eigenvalue weighted by atomic mass is 19.1. The molecule has 1 aromatic carbocycles. The highest BCUT2D eigenvalue weighted by molar-refractivity contribution is 5.75. The van der Waals surface area contributed by atoms with Crippen LogP contribution in [0.4, 0.5) is 10.1 Å². The number of hydrogen-bond donors (Lipinski definition) is 2. The van der Waals surface area contributed by atoms with E-state index in [-0.39, 0.29) is 5.69 Å². The van der Waals surface area contributed by atoms with E-state index in [9.17, 15) is 14.1 Å². The molecule has 1 unspecified atom stereocenters. The number of benzene rings is 1. The van der Waals surface area contributed by atoms with Gasteiger partial charge in [0, 0.05) is 0 Å². The van der Waals surface area contributed by atoms with Crippen molar-refractivity contribution in [3.05, 3.63) is 34.5 Å². The van der Waals surface area contributed by atoms with Crippen molar-refractivity contribution in [3.63, 3.8) is 0 Å². The van der Waals surface area contributed by atoms with Crippen LogP contribution >= 0.6 is 0 Å². The van der Waals surface area contributed by atoms with E-state index in [0.717, 1.165) is 6.07 Å². The summed E-state index contributed by atoms with van der Waals surface area (Å²) >= 11 is 0. The van der Waals surface area contributed by atoms with Crippen LogP contribution in [0.15, 0.2) is 23.5 Å². The quantitative estimate of drug-likeness (QED) is 0.591. The van der Waals surface area contributed by atoms with E-state index in [1.807, 2.05) is 5.43 Å². The number of hydrogen-bond acceptors (Lipinski definition) is 3. The van der Waals surface area contributed by atoms with Gasteiger partial charge in [-0.15, -0.1) is 4.91 Å². The van der Waals surface area contributed by atoms with Crippen molar-refractivity contribution in [1.29, 1.82) is 0 Å². The van der Waals surface area contributed by atoms with Crippen molar-refractivity contribution in [2.45, 2.75) is 12.8 Å². The number of nitrogens with zero attached hydrogens (tertiary/aromatic N) is 1. The summed E-state index contributed by atoms with van der Waals surface area (Å²) in [5.41, 5.74) is 2.17. The van der Waals surface area contributed by atoms with Gasteiger partial charge in [0.05, 0.1) is 16.9 Å². The van der Waals surface area contributed by atoms with Gasteiger partial charge < -0.3 is 5.11 Å². The third kappa shape index (κ3) is 2.49. The number of rotatable bonds is 4. The molecule has 1 atom stereocenters. The maximum atomic E-state index is 13.2. The second kappa shape index (κ2) is 4.50. The number of aliphatic carboxylic acids is 1. The van der Waals surface area contributed by atoms with Crippen molar-refractivity contribution in [3.8, 4) is 0 Å². The van der Waals surface area contributed by atoms with Gasteiger partial charge in [-0.1, -0.05) is 6.07 Å². The second-order valence-corrected chi connectivity index (χ2v) is 3.00. The van der Waals surface area contributed by atoms with E-state index in [1.165, 1.54) is 19.1 Å². The average Bonchev–Trinajstić information content (AvgIpc) is 2.20. The molecule has 2 N–H and O–H groups in total. The first-order valence-electron chi connectivity index (χ1n) is 4.17. The van der Waals surface area contributed by atoms with Crippen molar-refractivity contribution >= 4 is 11.7 Å². The lowest BCUT2D eigenvalue weighted by Crippen LogP contribution is -2.07. The summed E-state index contributed by atoms with van der Waals surface area (Å²) in [7, 11) is 0. The van der Waals surface area contributed by atoms with E-state index >= 15 is 0 Å². The largest absolute Gasteiger partial charge is 0.481 e. The average molecular weight is 212 g/mol. The maximum Gasteiger partial charge on any atom is 0.310 e. The fourth-order valence-electron chi connectivity index (χ4n) is 1.08. The highest BCUT2D eigenvalue weighted by Gasteiger charge is 2.15. The van der Waals surface area contributed by atoms with Gasteiger partial charge in [0.25, 0.3) is 0 Å². The number of carbonyl (C=O) groups is 1. The lowest BCUT2D eigenvalue weighted by Gasteiger charge is -2.07. The zero-order valence-electron chi connectivity index (χ0n) is 7.90. The molecule has 0 bridgehead atoms. The summed E-state index contributed by atoms with van der Waals surface area (Å²) in [6, 6.07) is 3.76. The molecule has 1 aromatic rings. The summed E-state index contributed by atoms with van der Waals surface area (Å²) in [6.45, 7) is 1.45. The molecule has 0 fully saturated rings. The van der Waals surface area contributed by atoms with Crippen molar-refractivity contribution in [1.82, 2.24) is 0 Å². The van der Waals surface area contributed by atoms with Crippen LogP contribution in [0.25, 0.3) is 0 Å². The van der Waals surface area contributed by atoms with Crippen LogP contribution in [0.3, 0.4) is 0 Å². The molecular weight excluding hydrogens is 203 g/mol. The summed E-state index contributed by atoms with van der Waals surface area (Å²) in [4.78, 5) is 20.4. The normalized spacial score (nSPS) is 11.9. The number of nitrogens with one attached hydrogen (secondary N) is 1. The molecule has 0 heterocycles. The first kappa shape index (κ1) is 11.1. The Kier molecular flexibility index (Phi) is 3.33. The van der Waals surface area contributed by atoms with Crippen LogP contribution < -0.4 is 5.43 Å². The van der Waals surface area contributed by atoms with Crippen LogP contribution in [0, 0.1) is 10.7 Å². The molecule has 0 aliphatic rings. The van der Waals surface area contributed by atoms with E-state index in [4.69, 9.17) is 5.11 Å². The maximum absolute atomic E-state index is 13.2. The van der Waals surface area contributed by atoms with E-state index in [0.29, 0.717) is 5.56 Å². The van der Waals surface area contributed by atoms with Gasteiger partial charge in [-0.25, -0.2) is 9.82 Å². The molecule has 15 heavy (non-hydrogen) atoms. The van der Waals surface area contributed by atoms with Crippen LogP contribution in [-0.2, 0) is 4.79 Å². The molecule has 0 saturated carbocycles. The third-order valence-corrected chi connectivity index (χ3v) is 2.03. The minimum Gasteiger partial charge on any atom is -0.481 e. The lowest BCUT2D eigenvalue weighted by atomic mass is 10.0. The SMILES string of the molecule is CC(C(=O)O)c1ccc(NN=O)c(F)c1. The fraction of sp³-hybridized carbons (Fsp3) is 0.222. The predicted molar refractivity (Wildman–Crippen MR) is 51.9 cm³/mol. The standard InChI is InChI=1S/C9H9FN2O3/c1-5(9(13)14)6-2-3-8(11-12-15)7(10)4-6/h2-5H,1H3,(H,11,15)(H,13,14). The van der Waals surface area contributed by atoms with Crippen molar-refractivity contribution < 1.29 is 14.3 Å². The Labute approximate surface area is 84.9 Å². The lowest BCUT2D eigenvalue weighted by molar-refractivity contribution is -0.138. The van der Waals surface area contributed by atoms with Crippen molar-refractivity contribution in [2.24, 2.45) is 5.29 Å². The molecule has 6 heteroatoms. The topological polar surface area (TPSA) is 78.8 Å². The van der Waals surface area contributed by atoms with Crippen molar-refractivity contribution in [2.75, 3.05) is 5.43 Å². The molecule has 0 aliphatic heterocycles. The van der Waals surface area contributed by atoms with Crippen LogP contribution in [-0.4, -0.2) is 11.1 Å². The minimum atomic E-state index is -1.04. The third-order valence-electron chi connectivity index (χ3n) is 2.03. The Morgan fingerprint density at radius 3 is 2.73 bits per heavy atom. The van der Waals surface area contributed by atoms with Gasteiger partial charge in [0.2, 0.25) is 0 Å². The monoisotopic (exact) mass is 212 g/mol. The Bertz CT molecular complexity index is 395. The Balaban J connectivity index is 3.00. The smallest absolute Gasteiger partial charge is 0.310 e. The number of anilines is 1. The number of nitroso groups, excluding NO2 is 1. The second-order valence-electron chi connectivity index (χ2n) is 3.00. The molecule has 80 valence electrons. The summed E-state index contributed by atoms with van der Waals surface area (Å²) in [5.74, 6) is -2.54. The first-order chi connectivity index (χ1) is 7.06. The molecular formula is C9H9FN2O3. The van der Waals surface area contributed by atoms with Gasteiger partial charge in [-0.2, -0.15) is 0 Å². The summed E-state index contributed by atoms with van der Waals surface area (Å²) in [5, 5.41) is 11.0. The molecule has 5 nitrogen and oxygen atoms in total. The van der Waals surface area contributed by atoms with E-state index in [1.54, 1.807) is 0 Å². The summed E-state index contributed by atoms with van der Waals surface area (Å²) < 4.78 is 13.2. The number of carboxylic acid groups (broad SMARTS) is 1. The van der Waals surface area contributed by atoms with Gasteiger partial charge in [-0.05, 0) is 24.6 Å². The Morgan fingerprint density at radius 1 is 1.60 bits per heavy atom. The molecule has 0 aliphatic carbocycles. The van der Waals surface area contributed by atoms with Crippen LogP contribution in [0.5, 0.6) is 0 Å². The molecule has 0 aromatic heterocycles. The zero-order chi connectivity index (χ0) is 11.4. The van der Waals surface area contributed by atoms with Gasteiger partial charge in [0.1, 0.15) is 5.82 Å². The Morgan fingerprint density at radius 2 is 2.27 bits per heavy atom. The van der Waals surface area contributed by atoms with Gasteiger partial charge >= 0.3 is 5.97 Å². The number of halogens is 1. The number of carboxylic acids is 1. The first-order valence-corrected chi connectivity index (χ1v) is 4.17. The van der Waals surface area contributed by atoms with E-state index in [2.05, 4.69) is 5.29 Å². The van der Waals surface area contributed by atoms with E-state index < -0.39 is 17.7 Å². The van der Waals surface area contributed by atoms with Crippen LogP contribution in [0.1, 0.15) is 18.4 Å². The molecule has 0 amide bonds. The van der Waals surface area contributed by atoms with Crippen LogP contribution in [0.2, 0.25) is 0 Å². The minimum absolute atomic E-state index is 0.0775. The highest BCUT2D eigenvalue weighted by Crippen LogP contribution is 2.21. The predicted octanol–water partition coefficient (Wildman–Crippen LogP) is 2.11. The Hall–Kier alpha value is -1.98. The molecule has 1 rings (SSSR count). The van der Waals surface area contributed by atoms with Gasteiger partial charge in [-0.3, -0.25) is 4.79 Å². The zero-order valence-corrected chi connectivity index (χ0v) is 7.90. The molecule has 0 saturated heterocycles. The molecule has 0 radical (unpaired) electrons. The van der Waals surface area contributed by atoms with Gasteiger partial charge in [0.15, 0.2) is 0 Å². The molecule has 0 spiro atoms. The fourth-order valence-corrected chi connectivity index (χ4v) is 1.08. The summed E-state index contributed by atoms with van der Waals surface area (Å²) in [6.07, 6.45) is 0.